The van der Waals surface area contributed by atoms with E-state index in [1.54, 1.807) is 48.9 Å². The monoisotopic (exact) mass is 550 g/mol. The van der Waals surface area contributed by atoms with Gasteiger partial charge in [0.1, 0.15) is 17.0 Å². The Morgan fingerprint density at radius 2 is 1.92 bits per heavy atom. The van der Waals surface area contributed by atoms with Crippen LogP contribution in [0.25, 0.3) is 5.82 Å². The average molecular weight is 551 g/mol. The normalized spacial score (nSPS) is 16.0. The summed E-state index contributed by atoms with van der Waals surface area (Å²) in [7, 11) is 0. The van der Waals surface area contributed by atoms with E-state index in [9.17, 15) is 18.8 Å². The summed E-state index contributed by atoms with van der Waals surface area (Å²) in [4.78, 5) is 46.9. The molecule has 0 aromatic carbocycles. The molecule has 0 radical (unpaired) electrons. The Labute approximate surface area is 227 Å². The molecule has 1 N–H and O–H groups in total. The molecule has 208 valence electrons. The van der Waals surface area contributed by atoms with Crippen LogP contribution in [0, 0.1) is 5.82 Å². The molecule has 3 amide bonds. The lowest BCUT2D eigenvalue weighted by molar-refractivity contribution is -0.150. The third-order valence-electron chi connectivity index (χ3n) is 6.45. The number of hydrogen-bond donors (Lipinski definition) is 1. The number of likely N-dealkylation sites (tertiary alicyclic amines) is 1. The van der Waals surface area contributed by atoms with Crippen LogP contribution in [0.4, 0.5) is 9.18 Å². The number of alkyl halides is 1. The van der Waals surface area contributed by atoms with Crippen LogP contribution >= 0.6 is 11.6 Å². The van der Waals surface area contributed by atoms with E-state index in [4.69, 9.17) is 16.3 Å². The summed E-state index contributed by atoms with van der Waals surface area (Å²) in [6.07, 6.45) is 4.58. The molecule has 2 aromatic heterocycles. The molecule has 0 spiro atoms. The quantitative estimate of drug-likeness (QED) is 0.500. The van der Waals surface area contributed by atoms with Crippen molar-refractivity contribution in [3.63, 3.8) is 0 Å². The van der Waals surface area contributed by atoms with Gasteiger partial charge in [-0.05, 0) is 58.6 Å². The first-order valence-electron chi connectivity index (χ1n) is 12.7. The molecule has 1 atom stereocenters. The highest BCUT2D eigenvalue weighted by molar-refractivity contribution is 6.27. The van der Waals surface area contributed by atoms with Crippen molar-refractivity contribution >= 4 is 29.5 Å². The number of hydrogen-bond acceptors (Lipinski definition) is 6. The Hall–Kier alpha value is -3.21. The van der Waals surface area contributed by atoms with Crippen LogP contribution in [0.15, 0.2) is 30.7 Å². The Kier molecular flexibility index (Phi) is 9.35. The number of amides is 3. The maximum Gasteiger partial charge on any atom is 0.410 e. The fourth-order valence-electron chi connectivity index (χ4n) is 4.51. The van der Waals surface area contributed by atoms with Gasteiger partial charge in [-0.3, -0.25) is 9.59 Å². The number of nitrogens with zero attached hydrogens (tertiary/aromatic N) is 5. The van der Waals surface area contributed by atoms with Crippen LogP contribution in [0.5, 0.6) is 0 Å². The Bertz CT molecular complexity index is 1130. The fourth-order valence-corrected chi connectivity index (χ4v) is 4.65. The number of halogens is 2. The van der Waals surface area contributed by atoms with E-state index >= 15 is 0 Å². The van der Waals surface area contributed by atoms with Crippen molar-refractivity contribution in [3.05, 3.63) is 42.1 Å². The van der Waals surface area contributed by atoms with Gasteiger partial charge < -0.3 is 19.9 Å². The molecule has 0 saturated carbocycles. The first-order chi connectivity index (χ1) is 17.9. The van der Waals surface area contributed by atoms with Crippen molar-refractivity contribution in [2.45, 2.75) is 71.1 Å². The van der Waals surface area contributed by atoms with Gasteiger partial charge in [-0.2, -0.15) is 5.10 Å². The highest BCUT2D eigenvalue weighted by Gasteiger charge is 2.49. The molecule has 3 heterocycles. The van der Waals surface area contributed by atoms with Gasteiger partial charge in [-0.15, -0.1) is 11.6 Å². The lowest BCUT2D eigenvalue weighted by atomic mass is 9.83. The predicted molar refractivity (Wildman–Crippen MR) is 140 cm³/mol. The van der Waals surface area contributed by atoms with Crippen molar-refractivity contribution in [2.24, 2.45) is 0 Å². The minimum atomic E-state index is -1.17. The summed E-state index contributed by atoms with van der Waals surface area (Å²) >= 11 is 5.94. The van der Waals surface area contributed by atoms with Gasteiger partial charge in [0.25, 0.3) is 0 Å². The largest absolute Gasteiger partial charge is 0.444 e. The van der Waals surface area contributed by atoms with Gasteiger partial charge >= 0.3 is 6.09 Å². The van der Waals surface area contributed by atoms with E-state index in [-0.39, 0.29) is 43.6 Å². The van der Waals surface area contributed by atoms with Crippen molar-refractivity contribution in [1.29, 1.82) is 0 Å². The van der Waals surface area contributed by atoms with Gasteiger partial charge in [0.15, 0.2) is 11.6 Å². The number of rotatable bonds is 8. The van der Waals surface area contributed by atoms with E-state index in [1.807, 2.05) is 13.8 Å². The van der Waals surface area contributed by atoms with Gasteiger partial charge in [0.05, 0.1) is 18.4 Å². The lowest BCUT2D eigenvalue weighted by Gasteiger charge is -2.47. The maximum atomic E-state index is 13.9. The second-order valence-electron chi connectivity index (χ2n) is 10.4. The number of nitrogens with one attached hydrogen (secondary N) is 1. The summed E-state index contributed by atoms with van der Waals surface area (Å²) in [5.74, 6) is -0.940. The highest BCUT2D eigenvalue weighted by Crippen LogP contribution is 2.32. The molecular formula is C26H36ClFN6O4. The SMILES string of the molecule is CCCN(C(=O)CCl)C1(C(=O)N[C@@H](C)c2ccc(-n3cc(F)cn3)nc2)CCN(C(=O)OC(C)(C)C)CC1. The van der Waals surface area contributed by atoms with Crippen molar-refractivity contribution in [3.8, 4) is 5.82 Å². The van der Waals surface area contributed by atoms with Crippen LogP contribution in [-0.4, -0.2) is 79.1 Å². The third kappa shape index (κ3) is 6.80. The number of pyridine rings is 1. The highest BCUT2D eigenvalue weighted by atomic mass is 35.5. The van der Waals surface area contributed by atoms with Crippen LogP contribution in [0.1, 0.15) is 65.5 Å². The van der Waals surface area contributed by atoms with Gasteiger partial charge in [-0.25, -0.2) is 18.9 Å². The van der Waals surface area contributed by atoms with E-state index in [0.717, 1.165) is 11.8 Å². The van der Waals surface area contributed by atoms with E-state index in [2.05, 4.69) is 15.4 Å². The topological polar surface area (TPSA) is 110 Å². The van der Waals surface area contributed by atoms with Crippen LogP contribution in [0.2, 0.25) is 0 Å². The second kappa shape index (κ2) is 12.1. The lowest BCUT2D eigenvalue weighted by Crippen LogP contribution is -2.65. The maximum absolute atomic E-state index is 13.9. The molecule has 1 fully saturated rings. The Morgan fingerprint density at radius 1 is 1.24 bits per heavy atom. The molecule has 12 heteroatoms. The zero-order chi connectivity index (χ0) is 28.1. The van der Waals surface area contributed by atoms with Gasteiger partial charge in [0.2, 0.25) is 11.8 Å². The summed E-state index contributed by atoms with van der Waals surface area (Å²) < 4.78 is 20.1. The molecule has 38 heavy (non-hydrogen) atoms. The van der Waals surface area contributed by atoms with Gasteiger partial charge in [0, 0.05) is 25.8 Å². The zero-order valence-corrected chi connectivity index (χ0v) is 23.3. The molecule has 2 aromatic rings. The van der Waals surface area contributed by atoms with Crippen molar-refractivity contribution in [2.75, 3.05) is 25.5 Å². The first kappa shape index (κ1) is 29.3. The van der Waals surface area contributed by atoms with E-state index in [1.165, 1.54) is 10.9 Å². The first-order valence-corrected chi connectivity index (χ1v) is 13.3. The van der Waals surface area contributed by atoms with Crippen LogP contribution in [0.3, 0.4) is 0 Å². The summed E-state index contributed by atoms with van der Waals surface area (Å²) in [6, 6.07) is 3.02. The summed E-state index contributed by atoms with van der Waals surface area (Å²) in [6.45, 7) is 10.00. The standard InChI is InChI=1S/C26H36ClFN6O4/c1-6-11-33(22(35)14-27)26(9-12-32(13-10-26)24(37)38-25(3,4)5)23(36)31-18(2)19-7-8-21(29-15-19)34-17-20(28)16-30-34/h7-8,15-18H,6,9-14H2,1-5H3,(H,31,36)/t18-/m0/s1. The minimum Gasteiger partial charge on any atom is -0.444 e. The van der Waals surface area contributed by atoms with Crippen molar-refractivity contribution in [1.82, 2.24) is 29.9 Å². The molecule has 1 aliphatic rings. The molecule has 0 unspecified atom stereocenters. The zero-order valence-electron chi connectivity index (χ0n) is 22.5. The average Bonchev–Trinajstić information content (AvgIpc) is 3.32. The number of carbonyl (C=O) groups is 3. The smallest absolute Gasteiger partial charge is 0.410 e. The molecule has 1 saturated heterocycles. The van der Waals surface area contributed by atoms with Crippen molar-refractivity contribution < 1.29 is 23.5 Å². The Balaban J connectivity index is 1.80. The molecule has 3 rings (SSSR count). The third-order valence-corrected chi connectivity index (χ3v) is 6.68. The number of ether oxygens (including phenoxy) is 1. The van der Waals surface area contributed by atoms with E-state index < -0.39 is 29.1 Å². The fraction of sp³-hybridized carbons (Fsp3) is 0.577. The second-order valence-corrected chi connectivity index (χ2v) is 10.7. The number of piperidine rings is 1. The molecule has 10 nitrogen and oxygen atoms in total. The summed E-state index contributed by atoms with van der Waals surface area (Å²) in [5.41, 5.74) is -1.09. The van der Waals surface area contributed by atoms with Crippen LogP contribution < -0.4 is 5.32 Å². The molecular weight excluding hydrogens is 515 g/mol. The predicted octanol–water partition coefficient (Wildman–Crippen LogP) is 3.83. The van der Waals surface area contributed by atoms with E-state index in [0.29, 0.717) is 18.8 Å². The molecule has 0 bridgehead atoms. The number of aromatic nitrogens is 3. The number of carbonyl (C=O) groups excluding carboxylic acids is 3. The Morgan fingerprint density at radius 3 is 2.42 bits per heavy atom. The van der Waals surface area contributed by atoms with Crippen LogP contribution in [-0.2, 0) is 14.3 Å². The molecule has 0 aliphatic carbocycles. The minimum absolute atomic E-state index is 0.246. The molecule has 1 aliphatic heterocycles. The summed E-state index contributed by atoms with van der Waals surface area (Å²) in [5, 5.41) is 6.94. The van der Waals surface area contributed by atoms with Gasteiger partial charge in [-0.1, -0.05) is 13.0 Å².